The normalized spacial score (nSPS) is 26.3. The predicted octanol–water partition coefficient (Wildman–Crippen LogP) is 4.49. The van der Waals surface area contributed by atoms with Crippen molar-refractivity contribution in [1.82, 2.24) is 20.4 Å². The van der Waals surface area contributed by atoms with Crippen LogP contribution in [0, 0.1) is 11.8 Å². The highest BCUT2D eigenvalue weighted by Crippen LogP contribution is 2.36. The van der Waals surface area contributed by atoms with Crippen LogP contribution >= 0.6 is 23.5 Å². The summed E-state index contributed by atoms with van der Waals surface area (Å²) in [5.74, 6) is -1.77. The van der Waals surface area contributed by atoms with Crippen LogP contribution in [0.2, 0.25) is 0 Å². The van der Waals surface area contributed by atoms with Crippen molar-refractivity contribution in [2.75, 3.05) is 25.7 Å². The number of piperidine rings is 2. The van der Waals surface area contributed by atoms with Crippen molar-refractivity contribution < 1.29 is 38.2 Å². The SMILES string of the molecule is COC(=O)[C@@H]1CCC[C@@H]2SCCC(NC(=O)[C@H](CC[C@H](Cc3ccccc3)C(=O)N[C@H]3CCS[C@H]4CCC[C@@H](C(=O)OC)N4C3=O)Cc3ccccc3)C(=O)N21. The van der Waals surface area contributed by atoms with E-state index >= 15 is 0 Å². The van der Waals surface area contributed by atoms with Gasteiger partial charge < -0.3 is 29.9 Å². The Morgan fingerprint density at radius 3 is 1.39 bits per heavy atom. The zero-order valence-corrected chi connectivity index (χ0v) is 33.9. The van der Waals surface area contributed by atoms with Gasteiger partial charge in [0.05, 0.1) is 25.0 Å². The van der Waals surface area contributed by atoms with Gasteiger partial charge in [0.2, 0.25) is 23.6 Å². The molecule has 0 aromatic heterocycles. The highest BCUT2D eigenvalue weighted by molar-refractivity contribution is 8.00. The number of ether oxygens (including phenoxy) is 2. The fourth-order valence-corrected chi connectivity index (χ4v) is 11.3. The van der Waals surface area contributed by atoms with Crippen LogP contribution in [0.1, 0.15) is 75.3 Å². The van der Waals surface area contributed by atoms with E-state index in [9.17, 15) is 28.8 Å². The summed E-state index contributed by atoms with van der Waals surface area (Å²) in [6.07, 6.45) is 6.63. The van der Waals surface area contributed by atoms with E-state index in [1.54, 1.807) is 33.3 Å². The van der Waals surface area contributed by atoms with Crippen LogP contribution in [0.5, 0.6) is 0 Å². The number of hydrogen-bond acceptors (Lipinski definition) is 10. The summed E-state index contributed by atoms with van der Waals surface area (Å²) in [5, 5.41) is 5.86. The van der Waals surface area contributed by atoms with Gasteiger partial charge in [0, 0.05) is 11.8 Å². The summed E-state index contributed by atoms with van der Waals surface area (Å²) in [5.41, 5.74) is 1.92. The first-order chi connectivity index (χ1) is 27.2. The third kappa shape index (κ3) is 10.1. The molecule has 0 radical (unpaired) electrons. The number of rotatable bonds is 13. The van der Waals surface area contributed by atoms with Crippen molar-refractivity contribution in [3.05, 3.63) is 71.8 Å². The third-order valence-electron chi connectivity index (χ3n) is 11.5. The van der Waals surface area contributed by atoms with Crippen LogP contribution in [0.4, 0.5) is 0 Å². The van der Waals surface area contributed by atoms with Crippen LogP contribution in [-0.2, 0) is 51.1 Å². The monoisotopic (exact) mass is 806 g/mol. The largest absolute Gasteiger partial charge is 0.467 e. The molecule has 4 aliphatic heterocycles. The number of methoxy groups -OCH3 is 2. The van der Waals surface area contributed by atoms with Gasteiger partial charge in [0.25, 0.3) is 0 Å². The lowest BCUT2D eigenvalue weighted by Gasteiger charge is -2.40. The minimum absolute atomic E-state index is 0.147. The van der Waals surface area contributed by atoms with Crippen molar-refractivity contribution in [2.45, 2.75) is 112 Å². The zero-order chi connectivity index (χ0) is 39.6. The van der Waals surface area contributed by atoms with E-state index in [2.05, 4.69) is 10.6 Å². The zero-order valence-electron chi connectivity index (χ0n) is 32.3. The molecule has 8 atom stereocenters. The molecule has 302 valence electrons. The van der Waals surface area contributed by atoms with Gasteiger partial charge in [0.15, 0.2) is 0 Å². The average molecular weight is 807 g/mol. The maximum Gasteiger partial charge on any atom is 0.328 e. The van der Waals surface area contributed by atoms with E-state index in [-0.39, 0.29) is 34.4 Å². The minimum atomic E-state index is -0.793. The molecule has 4 fully saturated rings. The number of nitrogens with one attached hydrogen (secondary N) is 2. The van der Waals surface area contributed by atoms with Crippen LogP contribution in [0.3, 0.4) is 0 Å². The molecule has 0 aliphatic carbocycles. The van der Waals surface area contributed by atoms with E-state index in [1.807, 2.05) is 60.7 Å². The molecular formula is C42H54N4O8S2. The summed E-state index contributed by atoms with van der Waals surface area (Å²) in [7, 11) is 2.66. The molecule has 1 unspecified atom stereocenters. The van der Waals surface area contributed by atoms with Crippen LogP contribution < -0.4 is 10.6 Å². The lowest BCUT2D eigenvalue weighted by atomic mass is 9.86. The van der Waals surface area contributed by atoms with Crippen LogP contribution in [-0.4, -0.2) is 106 Å². The molecule has 0 saturated carbocycles. The smallest absolute Gasteiger partial charge is 0.328 e. The topological polar surface area (TPSA) is 151 Å². The van der Waals surface area contributed by atoms with Crippen molar-refractivity contribution in [2.24, 2.45) is 11.8 Å². The number of esters is 2. The van der Waals surface area contributed by atoms with Crippen LogP contribution in [0.15, 0.2) is 60.7 Å². The van der Waals surface area contributed by atoms with Gasteiger partial charge >= 0.3 is 11.9 Å². The van der Waals surface area contributed by atoms with E-state index in [1.165, 1.54) is 14.2 Å². The highest BCUT2D eigenvalue weighted by atomic mass is 32.2. The number of thioether (sulfide) groups is 2. The molecular weight excluding hydrogens is 753 g/mol. The first-order valence-corrected chi connectivity index (χ1v) is 22.0. The standard InChI is InChI=1S/C42H54N4O8S2/c1-53-41(51)33-15-9-17-35-45(33)39(49)31(21-23-55-35)43-37(47)29(25-27-11-5-3-6-12-27)19-20-30(26-28-13-7-4-8-14-28)38(48)44-32-22-24-56-36-18-10-16-34(42(52)54-2)46(36)40(32)50/h3-8,11-14,29-36H,9-10,15-26H2,1-2H3,(H,43,47)(H,44,48)/t29-,30-,31+,32?,33+,34+,35+,36+/m1/s1. The Balaban J connectivity index is 1.20. The van der Waals surface area contributed by atoms with Crippen molar-refractivity contribution >= 4 is 59.1 Å². The van der Waals surface area contributed by atoms with Gasteiger partial charge in [-0.3, -0.25) is 19.2 Å². The van der Waals surface area contributed by atoms with E-state index < -0.39 is 47.9 Å². The quantitative estimate of drug-likeness (QED) is 0.277. The van der Waals surface area contributed by atoms with Crippen LogP contribution in [0.25, 0.3) is 0 Å². The molecule has 56 heavy (non-hydrogen) atoms. The fraction of sp³-hybridized carbons (Fsp3) is 0.571. The molecule has 0 spiro atoms. The first-order valence-electron chi connectivity index (χ1n) is 19.9. The van der Waals surface area contributed by atoms with Gasteiger partial charge in [-0.1, -0.05) is 60.7 Å². The maximum atomic E-state index is 14.3. The van der Waals surface area contributed by atoms with Crippen molar-refractivity contribution in [3.8, 4) is 0 Å². The van der Waals surface area contributed by atoms with Gasteiger partial charge in [-0.2, -0.15) is 0 Å². The molecule has 2 aromatic rings. The summed E-state index contributed by atoms with van der Waals surface area (Å²) in [6, 6.07) is 16.4. The minimum Gasteiger partial charge on any atom is -0.467 e. The Bertz CT molecular complexity index is 1580. The molecule has 4 amide bonds. The number of hydrogen-bond donors (Lipinski definition) is 2. The molecule has 14 heteroatoms. The Hall–Kier alpha value is -4.04. The van der Waals surface area contributed by atoms with Gasteiger partial charge in [0.1, 0.15) is 24.2 Å². The number of amides is 4. The highest BCUT2D eigenvalue weighted by Gasteiger charge is 2.45. The Labute approximate surface area is 337 Å². The fourth-order valence-electron chi connectivity index (χ4n) is 8.53. The second-order valence-corrected chi connectivity index (χ2v) is 17.7. The summed E-state index contributed by atoms with van der Waals surface area (Å²) >= 11 is 3.28. The molecule has 4 heterocycles. The average Bonchev–Trinajstić information content (AvgIpc) is 3.48. The molecule has 2 N–H and O–H groups in total. The van der Waals surface area contributed by atoms with Gasteiger partial charge in [-0.05, 0) is 99.7 Å². The molecule has 6 rings (SSSR count). The van der Waals surface area contributed by atoms with E-state index in [4.69, 9.17) is 9.47 Å². The van der Waals surface area contributed by atoms with Crippen molar-refractivity contribution in [1.29, 1.82) is 0 Å². The Morgan fingerprint density at radius 1 is 0.625 bits per heavy atom. The van der Waals surface area contributed by atoms with Crippen molar-refractivity contribution in [3.63, 3.8) is 0 Å². The summed E-state index contributed by atoms with van der Waals surface area (Å²) in [4.78, 5) is 85.5. The molecule has 4 saturated heterocycles. The summed E-state index contributed by atoms with van der Waals surface area (Å²) in [6.45, 7) is 0. The molecule has 4 aliphatic rings. The molecule has 2 aromatic carbocycles. The number of carbonyl (C=O) groups is 6. The number of fused-ring (bicyclic) bond motifs is 2. The third-order valence-corrected chi connectivity index (χ3v) is 14.2. The maximum absolute atomic E-state index is 14.3. The number of carbonyl (C=O) groups excluding carboxylic acids is 6. The number of nitrogens with zero attached hydrogens (tertiary/aromatic N) is 2. The Kier molecular flexibility index (Phi) is 14.8. The lowest BCUT2D eigenvalue weighted by Crippen LogP contribution is -2.58. The number of benzene rings is 2. The second-order valence-electron chi connectivity index (χ2n) is 15.1. The Morgan fingerprint density at radius 2 is 1.02 bits per heavy atom. The van der Waals surface area contributed by atoms with Gasteiger partial charge in [-0.15, -0.1) is 23.5 Å². The molecule has 0 bridgehead atoms. The van der Waals surface area contributed by atoms with Gasteiger partial charge in [-0.25, -0.2) is 9.59 Å². The van der Waals surface area contributed by atoms with E-state index in [0.717, 1.165) is 36.8 Å². The predicted molar refractivity (Wildman–Crippen MR) is 215 cm³/mol. The second kappa shape index (κ2) is 19.9. The molecule has 12 nitrogen and oxygen atoms in total. The first kappa shape index (κ1) is 41.6. The van der Waals surface area contributed by atoms with E-state index in [0.29, 0.717) is 62.9 Å². The summed E-state index contributed by atoms with van der Waals surface area (Å²) < 4.78 is 10.1. The lowest BCUT2D eigenvalue weighted by molar-refractivity contribution is -0.156.